The van der Waals surface area contributed by atoms with Gasteiger partial charge in [0.25, 0.3) is 5.91 Å². The van der Waals surface area contributed by atoms with Gasteiger partial charge in [-0.05, 0) is 37.3 Å². The second-order valence-electron chi connectivity index (χ2n) is 6.84. The van der Waals surface area contributed by atoms with Crippen molar-refractivity contribution in [3.63, 3.8) is 0 Å². The summed E-state index contributed by atoms with van der Waals surface area (Å²) in [5.74, 6) is -0.226. The number of pyridine rings is 1. The van der Waals surface area contributed by atoms with Crippen LogP contribution < -0.4 is 5.32 Å². The Labute approximate surface area is 176 Å². The zero-order chi connectivity index (χ0) is 20.5. The molecule has 1 amide bonds. The first-order chi connectivity index (χ1) is 14.7. The van der Waals surface area contributed by atoms with Crippen molar-refractivity contribution in [2.45, 2.75) is 6.92 Å². The average molecular weight is 412 g/mol. The van der Waals surface area contributed by atoms with Crippen LogP contribution in [0.4, 0.5) is 5.69 Å². The van der Waals surface area contributed by atoms with Gasteiger partial charge in [-0.1, -0.05) is 35.0 Å². The van der Waals surface area contributed by atoms with E-state index in [0.29, 0.717) is 22.5 Å². The van der Waals surface area contributed by atoms with E-state index in [2.05, 4.69) is 46.6 Å². The van der Waals surface area contributed by atoms with Gasteiger partial charge in [0.2, 0.25) is 0 Å². The molecular formula is C23H16N4O2S. The topological polar surface area (TPSA) is 80.9 Å². The number of aromatic nitrogens is 3. The van der Waals surface area contributed by atoms with Crippen LogP contribution in [0.5, 0.6) is 0 Å². The molecule has 1 N–H and O–H groups in total. The van der Waals surface area contributed by atoms with Crippen molar-refractivity contribution in [1.29, 1.82) is 0 Å². The van der Waals surface area contributed by atoms with Gasteiger partial charge in [-0.3, -0.25) is 9.78 Å². The van der Waals surface area contributed by atoms with E-state index < -0.39 is 0 Å². The number of rotatable bonds is 4. The summed E-state index contributed by atoms with van der Waals surface area (Å²) in [5, 5.41) is 10.6. The van der Waals surface area contributed by atoms with E-state index >= 15 is 0 Å². The highest BCUT2D eigenvalue weighted by Crippen LogP contribution is 2.33. The largest absolute Gasteiger partial charge is 0.356 e. The maximum atomic E-state index is 12.6. The van der Waals surface area contributed by atoms with Gasteiger partial charge in [0.1, 0.15) is 16.4 Å². The molecule has 0 unspecified atom stereocenters. The van der Waals surface area contributed by atoms with Crippen LogP contribution in [0.3, 0.4) is 0 Å². The monoisotopic (exact) mass is 412 g/mol. The molecule has 0 atom stereocenters. The number of carbonyl (C=O) groups is 1. The lowest BCUT2D eigenvalue weighted by Crippen LogP contribution is -2.11. The van der Waals surface area contributed by atoms with E-state index in [0.717, 1.165) is 21.7 Å². The number of hydrogen-bond acceptors (Lipinski definition) is 6. The number of hydrogen-bond donors (Lipinski definition) is 1. The normalized spacial score (nSPS) is 11.0. The number of nitrogens with zero attached hydrogens (tertiary/aromatic N) is 3. The first kappa shape index (κ1) is 18.2. The van der Waals surface area contributed by atoms with Gasteiger partial charge in [-0.25, -0.2) is 4.98 Å². The molecule has 0 saturated heterocycles. The standard InChI is InChI=1S/C23H16N4O2S/c1-14-4-6-15(7-5-14)23-26-19(13-30-23)21-18-11-16(8-9-20(18)29-27-21)22(28)25-17-3-2-10-24-12-17/h2-13H,1H3,(H,25,28). The van der Waals surface area contributed by atoms with Crippen molar-refractivity contribution in [2.24, 2.45) is 0 Å². The SMILES string of the molecule is Cc1ccc(-c2nc(-c3noc4ccc(C(=O)Nc5cccnc5)cc34)cs2)cc1. The molecule has 0 saturated carbocycles. The highest BCUT2D eigenvalue weighted by Gasteiger charge is 2.17. The number of amides is 1. The fourth-order valence-electron chi connectivity index (χ4n) is 3.12. The summed E-state index contributed by atoms with van der Waals surface area (Å²) in [7, 11) is 0. The number of fused-ring (bicyclic) bond motifs is 1. The van der Waals surface area contributed by atoms with Crippen molar-refractivity contribution in [2.75, 3.05) is 5.32 Å². The minimum Gasteiger partial charge on any atom is -0.356 e. The number of benzene rings is 2. The van der Waals surface area contributed by atoms with Gasteiger partial charge in [-0.2, -0.15) is 0 Å². The van der Waals surface area contributed by atoms with E-state index in [1.54, 1.807) is 54.1 Å². The fraction of sp³-hybridized carbons (Fsp3) is 0.0435. The quantitative estimate of drug-likeness (QED) is 0.417. The highest BCUT2D eigenvalue weighted by atomic mass is 32.1. The van der Waals surface area contributed by atoms with Crippen LogP contribution in [-0.4, -0.2) is 21.0 Å². The number of nitrogens with one attached hydrogen (secondary N) is 1. The number of carbonyl (C=O) groups excluding carboxylic acids is 1. The molecule has 5 aromatic rings. The lowest BCUT2D eigenvalue weighted by atomic mass is 10.1. The Morgan fingerprint density at radius 2 is 1.97 bits per heavy atom. The lowest BCUT2D eigenvalue weighted by Gasteiger charge is -2.04. The van der Waals surface area contributed by atoms with Gasteiger partial charge in [0, 0.05) is 22.7 Å². The molecule has 0 aliphatic rings. The first-order valence-electron chi connectivity index (χ1n) is 9.31. The lowest BCUT2D eigenvalue weighted by molar-refractivity contribution is 0.102. The molecule has 0 aliphatic heterocycles. The second kappa shape index (κ2) is 7.53. The molecule has 0 fully saturated rings. The van der Waals surface area contributed by atoms with E-state index in [1.165, 1.54) is 5.56 Å². The van der Waals surface area contributed by atoms with Crippen LogP contribution in [0, 0.1) is 6.92 Å². The summed E-state index contributed by atoms with van der Waals surface area (Å²) >= 11 is 1.55. The van der Waals surface area contributed by atoms with Crippen molar-refractivity contribution in [3.05, 3.63) is 83.5 Å². The summed E-state index contributed by atoms with van der Waals surface area (Å²) in [4.78, 5) is 21.4. The zero-order valence-electron chi connectivity index (χ0n) is 16.0. The molecule has 146 valence electrons. The summed E-state index contributed by atoms with van der Waals surface area (Å²) in [6, 6.07) is 17.0. The van der Waals surface area contributed by atoms with Crippen LogP contribution in [0.15, 0.2) is 76.9 Å². The number of thiazole rings is 1. The third-order valence-corrected chi connectivity index (χ3v) is 5.59. The van der Waals surface area contributed by atoms with Gasteiger partial charge >= 0.3 is 0 Å². The van der Waals surface area contributed by atoms with Crippen molar-refractivity contribution in [1.82, 2.24) is 15.1 Å². The molecular weight excluding hydrogens is 396 g/mol. The van der Waals surface area contributed by atoms with Crippen molar-refractivity contribution < 1.29 is 9.32 Å². The molecule has 3 aromatic heterocycles. The van der Waals surface area contributed by atoms with Crippen LogP contribution in [0.2, 0.25) is 0 Å². The Balaban J connectivity index is 1.48. The summed E-state index contributed by atoms with van der Waals surface area (Å²) in [6.07, 6.45) is 3.26. The fourth-order valence-corrected chi connectivity index (χ4v) is 3.93. The predicted octanol–water partition coefficient (Wildman–Crippen LogP) is 5.57. The predicted molar refractivity (Wildman–Crippen MR) is 117 cm³/mol. The molecule has 2 aromatic carbocycles. The molecule has 3 heterocycles. The van der Waals surface area contributed by atoms with Crippen LogP contribution in [0.1, 0.15) is 15.9 Å². The minimum absolute atomic E-state index is 0.226. The highest BCUT2D eigenvalue weighted by molar-refractivity contribution is 7.13. The van der Waals surface area contributed by atoms with E-state index in [-0.39, 0.29) is 5.91 Å². The molecule has 6 nitrogen and oxygen atoms in total. The molecule has 30 heavy (non-hydrogen) atoms. The second-order valence-corrected chi connectivity index (χ2v) is 7.70. The zero-order valence-corrected chi connectivity index (χ0v) is 16.8. The maximum Gasteiger partial charge on any atom is 0.255 e. The Kier molecular flexibility index (Phi) is 4.57. The average Bonchev–Trinajstić information content (AvgIpc) is 3.41. The molecule has 0 radical (unpaired) electrons. The van der Waals surface area contributed by atoms with Crippen LogP contribution in [-0.2, 0) is 0 Å². The van der Waals surface area contributed by atoms with E-state index in [1.807, 2.05) is 5.38 Å². The van der Waals surface area contributed by atoms with Gasteiger partial charge < -0.3 is 9.84 Å². The van der Waals surface area contributed by atoms with Crippen LogP contribution >= 0.6 is 11.3 Å². The van der Waals surface area contributed by atoms with Gasteiger partial charge in [-0.15, -0.1) is 11.3 Å². The smallest absolute Gasteiger partial charge is 0.255 e. The molecule has 0 spiro atoms. The summed E-state index contributed by atoms with van der Waals surface area (Å²) < 4.78 is 5.46. The maximum absolute atomic E-state index is 12.6. The van der Waals surface area contributed by atoms with Gasteiger partial charge in [0.05, 0.1) is 17.3 Å². The van der Waals surface area contributed by atoms with Crippen molar-refractivity contribution in [3.8, 4) is 22.0 Å². The first-order valence-corrected chi connectivity index (χ1v) is 10.2. The Morgan fingerprint density at radius 1 is 1.10 bits per heavy atom. The number of anilines is 1. The Morgan fingerprint density at radius 3 is 2.77 bits per heavy atom. The summed E-state index contributed by atoms with van der Waals surface area (Å²) in [5.41, 5.74) is 5.35. The Bertz CT molecular complexity index is 1340. The molecule has 0 aliphatic carbocycles. The van der Waals surface area contributed by atoms with Gasteiger partial charge in [0.15, 0.2) is 5.58 Å². The molecule has 7 heteroatoms. The molecule has 0 bridgehead atoms. The van der Waals surface area contributed by atoms with Crippen molar-refractivity contribution >= 4 is 33.9 Å². The van der Waals surface area contributed by atoms with Crippen LogP contribution in [0.25, 0.3) is 32.9 Å². The molecule has 5 rings (SSSR count). The minimum atomic E-state index is -0.226. The Hall–Kier alpha value is -3.84. The third kappa shape index (κ3) is 3.46. The summed E-state index contributed by atoms with van der Waals surface area (Å²) in [6.45, 7) is 2.06. The van der Waals surface area contributed by atoms with E-state index in [9.17, 15) is 4.79 Å². The third-order valence-electron chi connectivity index (χ3n) is 4.70. The number of aryl methyl sites for hydroxylation is 1. The van der Waals surface area contributed by atoms with E-state index in [4.69, 9.17) is 9.51 Å².